The van der Waals surface area contributed by atoms with Gasteiger partial charge in [-0.25, -0.2) is 0 Å². The fraction of sp³-hybridized carbons (Fsp3) is 0.692. The van der Waals surface area contributed by atoms with Crippen molar-refractivity contribution in [1.29, 1.82) is 0 Å². The Morgan fingerprint density at radius 2 is 1.89 bits per heavy atom. The highest BCUT2D eigenvalue weighted by molar-refractivity contribution is 9.10. The van der Waals surface area contributed by atoms with Crippen molar-refractivity contribution in [2.75, 3.05) is 0 Å². The minimum absolute atomic E-state index is 0.0877. The zero-order chi connectivity index (χ0) is 13.4. The van der Waals surface area contributed by atoms with Gasteiger partial charge in [0.2, 0.25) is 0 Å². The topological polar surface area (TPSA) is 38.1 Å². The van der Waals surface area contributed by atoms with Crippen LogP contribution in [-0.4, -0.2) is 32.7 Å². The van der Waals surface area contributed by atoms with Gasteiger partial charge in [-0.3, -0.25) is 9.48 Å². The lowest BCUT2D eigenvalue weighted by Crippen LogP contribution is -2.48. The third kappa shape index (κ3) is 2.20. The number of amides is 1. The summed E-state index contributed by atoms with van der Waals surface area (Å²) >= 11 is 3.48. The number of piperidine rings is 1. The van der Waals surface area contributed by atoms with Crippen LogP contribution in [0.1, 0.15) is 49.3 Å². The van der Waals surface area contributed by atoms with Crippen LogP contribution in [0.15, 0.2) is 4.47 Å². The highest BCUT2D eigenvalue weighted by Crippen LogP contribution is 2.28. The van der Waals surface area contributed by atoms with Gasteiger partial charge < -0.3 is 4.90 Å². The Bertz CT molecular complexity index is 459. The molecule has 2 heterocycles. The molecule has 5 heteroatoms. The van der Waals surface area contributed by atoms with Gasteiger partial charge in [0.25, 0.3) is 5.91 Å². The third-order valence-corrected chi connectivity index (χ3v) is 4.73. The SMILES string of the molecule is Cc1nn(C)c(C(=O)N2[C@H](C)CCC[C@H]2C)c1Br. The lowest BCUT2D eigenvalue weighted by molar-refractivity contribution is 0.0498. The normalized spacial score (nSPS) is 24.4. The average molecular weight is 314 g/mol. The summed E-state index contributed by atoms with van der Waals surface area (Å²) in [6.07, 6.45) is 3.38. The second-order valence-corrected chi connectivity index (χ2v) is 6.01. The molecule has 0 bridgehead atoms. The number of nitrogens with zero attached hydrogens (tertiary/aromatic N) is 3. The molecular formula is C13H20BrN3O. The van der Waals surface area contributed by atoms with Gasteiger partial charge in [-0.2, -0.15) is 5.10 Å². The summed E-state index contributed by atoms with van der Waals surface area (Å²) < 4.78 is 2.50. The van der Waals surface area contributed by atoms with E-state index in [1.807, 2.05) is 18.9 Å². The number of halogens is 1. The molecule has 1 saturated heterocycles. The van der Waals surface area contributed by atoms with Crippen molar-refractivity contribution < 1.29 is 4.79 Å². The molecule has 0 radical (unpaired) electrons. The first-order valence-electron chi connectivity index (χ1n) is 6.45. The summed E-state index contributed by atoms with van der Waals surface area (Å²) in [5, 5.41) is 4.30. The average Bonchev–Trinajstić information content (AvgIpc) is 2.52. The Labute approximate surface area is 116 Å². The maximum absolute atomic E-state index is 12.7. The number of aryl methyl sites for hydroxylation is 2. The number of carbonyl (C=O) groups excluding carboxylic acids is 1. The predicted octanol–water partition coefficient (Wildman–Crippen LogP) is 2.89. The van der Waals surface area contributed by atoms with Crippen molar-refractivity contribution in [2.45, 2.75) is 52.1 Å². The zero-order valence-corrected chi connectivity index (χ0v) is 13.0. The van der Waals surface area contributed by atoms with E-state index in [-0.39, 0.29) is 5.91 Å². The van der Waals surface area contributed by atoms with Crippen LogP contribution in [0.2, 0.25) is 0 Å². The minimum Gasteiger partial charge on any atom is -0.332 e. The molecule has 18 heavy (non-hydrogen) atoms. The molecule has 1 aliphatic heterocycles. The van der Waals surface area contributed by atoms with Crippen LogP contribution in [0.4, 0.5) is 0 Å². The Kier molecular flexibility index (Phi) is 3.80. The van der Waals surface area contributed by atoms with Crippen molar-refractivity contribution in [3.63, 3.8) is 0 Å². The Morgan fingerprint density at radius 1 is 1.33 bits per heavy atom. The predicted molar refractivity (Wildman–Crippen MR) is 74.6 cm³/mol. The second kappa shape index (κ2) is 5.03. The number of likely N-dealkylation sites (tertiary alicyclic amines) is 1. The van der Waals surface area contributed by atoms with Crippen molar-refractivity contribution in [3.8, 4) is 0 Å². The maximum Gasteiger partial charge on any atom is 0.273 e. The molecule has 1 aliphatic rings. The van der Waals surface area contributed by atoms with Crippen molar-refractivity contribution >= 4 is 21.8 Å². The second-order valence-electron chi connectivity index (χ2n) is 5.21. The van der Waals surface area contributed by atoms with Crippen LogP contribution in [0.5, 0.6) is 0 Å². The van der Waals surface area contributed by atoms with E-state index >= 15 is 0 Å². The first-order chi connectivity index (χ1) is 8.43. The van der Waals surface area contributed by atoms with Gasteiger partial charge >= 0.3 is 0 Å². The molecule has 0 N–H and O–H groups in total. The molecule has 4 nitrogen and oxygen atoms in total. The third-order valence-electron chi connectivity index (χ3n) is 3.78. The Hall–Kier alpha value is -0.840. The molecule has 1 aromatic rings. The van der Waals surface area contributed by atoms with Gasteiger partial charge in [-0.15, -0.1) is 0 Å². The van der Waals surface area contributed by atoms with E-state index in [4.69, 9.17) is 0 Å². The van der Waals surface area contributed by atoms with Gasteiger partial charge in [0.1, 0.15) is 5.69 Å². The summed E-state index contributed by atoms with van der Waals surface area (Å²) in [6, 6.07) is 0.617. The molecule has 0 unspecified atom stereocenters. The number of hydrogen-bond donors (Lipinski definition) is 0. The van der Waals surface area contributed by atoms with Crippen molar-refractivity contribution in [1.82, 2.24) is 14.7 Å². The standard InChI is InChI=1S/C13H20BrN3O/c1-8-6-5-7-9(2)17(8)13(18)12-11(14)10(3)15-16(12)4/h8-9H,5-7H2,1-4H3/t8-,9-/m1/s1. The lowest BCUT2D eigenvalue weighted by Gasteiger charge is -2.39. The number of rotatable bonds is 1. The zero-order valence-electron chi connectivity index (χ0n) is 11.4. The van der Waals surface area contributed by atoms with Gasteiger partial charge in [0, 0.05) is 19.1 Å². The molecule has 1 fully saturated rings. The Morgan fingerprint density at radius 3 is 2.33 bits per heavy atom. The Balaban J connectivity index is 2.35. The summed E-state index contributed by atoms with van der Waals surface area (Å²) in [5.74, 6) is 0.0877. The number of carbonyl (C=O) groups is 1. The smallest absolute Gasteiger partial charge is 0.273 e. The van der Waals surface area contributed by atoms with Crippen molar-refractivity contribution in [2.24, 2.45) is 7.05 Å². The molecule has 2 atom stereocenters. The van der Waals surface area contributed by atoms with E-state index < -0.39 is 0 Å². The summed E-state index contributed by atoms with van der Waals surface area (Å²) in [4.78, 5) is 14.7. The molecule has 0 aromatic carbocycles. The van der Waals surface area contributed by atoms with Gasteiger partial charge in [0.15, 0.2) is 0 Å². The number of hydrogen-bond acceptors (Lipinski definition) is 2. The summed E-state index contributed by atoms with van der Waals surface area (Å²) in [5.41, 5.74) is 1.52. The fourth-order valence-corrected chi connectivity index (χ4v) is 3.31. The molecule has 1 amide bonds. The van der Waals surface area contributed by atoms with E-state index in [1.54, 1.807) is 4.68 Å². The first-order valence-corrected chi connectivity index (χ1v) is 7.24. The fourth-order valence-electron chi connectivity index (χ4n) is 2.81. The quantitative estimate of drug-likeness (QED) is 0.799. The van der Waals surface area contributed by atoms with Gasteiger partial charge in [0.05, 0.1) is 10.2 Å². The monoisotopic (exact) mass is 313 g/mol. The molecule has 2 rings (SSSR count). The van der Waals surface area contributed by atoms with Gasteiger partial charge in [-0.1, -0.05) is 0 Å². The number of aromatic nitrogens is 2. The van der Waals surface area contributed by atoms with Crippen LogP contribution in [0.3, 0.4) is 0 Å². The summed E-state index contributed by atoms with van der Waals surface area (Å²) in [6.45, 7) is 6.17. The molecular weight excluding hydrogens is 294 g/mol. The minimum atomic E-state index is 0.0877. The largest absolute Gasteiger partial charge is 0.332 e. The van der Waals surface area contributed by atoms with Crippen molar-refractivity contribution in [3.05, 3.63) is 15.9 Å². The summed E-state index contributed by atoms with van der Waals surface area (Å²) in [7, 11) is 1.82. The van der Waals surface area contributed by atoms with Crippen LogP contribution >= 0.6 is 15.9 Å². The lowest BCUT2D eigenvalue weighted by atomic mass is 9.97. The molecule has 0 aliphatic carbocycles. The van der Waals surface area contributed by atoms with Crippen LogP contribution in [0.25, 0.3) is 0 Å². The van der Waals surface area contributed by atoms with Crippen LogP contribution < -0.4 is 0 Å². The van der Waals surface area contributed by atoms with E-state index in [1.165, 1.54) is 6.42 Å². The van der Waals surface area contributed by atoms with Crippen LogP contribution in [-0.2, 0) is 7.05 Å². The molecule has 100 valence electrons. The van der Waals surface area contributed by atoms with Gasteiger partial charge in [-0.05, 0) is 56.0 Å². The van der Waals surface area contributed by atoms with E-state index in [0.717, 1.165) is 23.0 Å². The highest BCUT2D eigenvalue weighted by atomic mass is 79.9. The van der Waals surface area contributed by atoms with Crippen LogP contribution in [0, 0.1) is 6.92 Å². The first kappa shape index (κ1) is 13.6. The van der Waals surface area contributed by atoms with E-state index in [0.29, 0.717) is 17.8 Å². The van der Waals surface area contributed by atoms with E-state index in [2.05, 4.69) is 34.9 Å². The molecule has 0 saturated carbocycles. The molecule has 1 aromatic heterocycles. The van der Waals surface area contributed by atoms with E-state index in [9.17, 15) is 4.79 Å². The molecule has 0 spiro atoms. The highest BCUT2D eigenvalue weighted by Gasteiger charge is 2.32. The maximum atomic E-state index is 12.7.